The molecular formula is C13H14N2O2S. The molecule has 5 heteroatoms. The summed E-state index contributed by atoms with van der Waals surface area (Å²) >= 11 is 0. The van der Waals surface area contributed by atoms with Gasteiger partial charge in [0.2, 0.25) is 0 Å². The highest BCUT2D eigenvalue weighted by Crippen LogP contribution is 2.26. The summed E-state index contributed by atoms with van der Waals surface area (Å²) in [5, 5.41) is 0. The summed E-state index contributed by atoms with van der Waals surface area (Å²) in [6.45, 7) is 1.91. The van der Waals surface area contributed by atoms with Gasteiger partial charge in [-0.15, -0.1) is 0 Å². The fourth-order valence-corrected chi connectivity index (χ4v) is 2.34. The zero-order valence-electron chi connectivity index (χ0n) is 10.2. The monoisotopic (exact) mass is 262 g/mol. The van der Waals surface area contributed by atoms with E-state index in [9.17, 15) is 8.42 Å². The lowest BCUT2D eigenvalue weighted by atomic mass is 10.0. The summed E-state index contributed by atoms with van der Waals surface area (Å²) in [6.07, 6.45) is 4.51. The summed E-state index contributed by atoms with van der Waals surface area (Å²) in [6, 6.07) is 6.71. The van der Waals surface area contributed by atoms with E-state index in [-0.39, 0.29) is 0 Å². The molecule has 0 fully saturated rings. The van der Waals surface area contributed by atoms with Crippen LogP contribution in [0.25, 0.3) is 11.1 Å². The van der Waals surface area contributed by atoms with Crippen LogP contribution in [-0.2, 0) is 9.84 Å². The largest absolute Gasteiger partial charge is 0.397 e. The van der Waals surface area contributed by atoms with Gasteiger partial charge in [0.1, 0.15) is 0 Å². The Hall–Kier alpha value is -1.88. The normalized spacial score (nSPS) is 11.4. The molecule has 0 aliphatic heterocycles. The molecule has 1 aromatic carbocycles. The predicted molar refractivity (Wildman–Crippen MR) is 71.9 cm³/mol. The van der Waals surface area contributed by atoms with Crippen molar-refractivity contribution in [3.63, 3.8) is 0 Å². The summed E-state index contributed by atoms with van der Waals surface area (Å²) in [5.74, 6) is 0. The average molecular weight is 262 g/mol. The molecule has 18 heavy (non-hydrogen) atoms. The van der Waals surface area contributed by atoms with E-state index in [1.165, 1.54) is 6.26 Å². The lowest BCUT2D eigenvalue weighted by Crippen LogP contribution is -1.97. The van der Waals surface area contributed by atoms with Crippen molar-refractivity contribution in [2.45, 2.75) is 11.8 Å². The first-order chi connectivity index (χ1) is 8.39. The molecule has 0 amide bonds. The van der Waals surface area contributed by atoms with Crippen LogP contribution in [0.3, 0.4) is 0 Å². The van der Waals surface area contributed by atoms with E-state index < -0.39 is 9.84 Å². The van der Waals surface area contributed by atoms with Gasteiger partial charge in [0, 0.05) is 18.0 Å². The Balaban J connectivity index is 2.50. The van der Waals surface area contributed by atoms with Crippen molar-refractivity contribution < 1.29 is 8.42 Å². The average Bonchev–Trinajstić information content (AvgIpc) is 2.32. The maximum atomic E-state index is 11.4. The van der Waals surface area contributed by atoms with Crippen LogP contribution in [-0.4, -0.2) is 19.7 Å². The quantitative estimate of drug-likeness (QED) is 0.899. The molecule has 0 saturated carbocycles. The second-order valence-corrected chi connectivity index (χ2v) is 6.21. The van der Waals surface area contributed by atoms with E-state index in [0.717, 1.165) is 16.7 Å². The minimum absolute atomic E-state index is 0.306. The highest BCUT2D eigenvalue weighted by Gasteiger charge is 2.09. The molecule has 0 radical (unpaired) electrons. The minimum atomic E-state index is -3.16. The van der Waals surface area contributed by atoms with E-state index in [4.69, 9.17) is 5.73 Å². The van der Waals surface area contributed by atoms with Crippen LogP contribution in [0.5, 0.6) is 0 Å². The molecule has 4 nitrogen and oxygen atoms in total. The van der Waals surface area contributed by atoms with Gasteiger partial charge in [-0.3, -0.25) is 4.98 Å². The third-order valence-corrected chi connectivity index (χ3v) is 3.98. The minimum Gasteiger partial charge on any atom is -0.397 e. The highest BCUT2D eigenvalue weighted by atomic mass is 32.2. The molecule has 94 valence electrons. The summed E-state index contributed by atoms with van der Waals surface area (Å²) in [5.41, 5.74) is 9.18. The van der Waals surface area contributed by atoms with E-state index in [1.807, 2.05) is 6.92 Å². The van der Waals surface area contributed by atoms with Gasteiger partial charge in [-0.2, -0.15) is 0 Å². The Morgan fingerprint density at radius 2 is 1.72 bits per heavy atom. The van der Waals surface area contributed by atoms with E-state index in [2.05, 4.69) is 4.98 Å². The van der Waals surface area contributed by atoms with Gasteiger partial charge < -0.3 is 5.73 Å². The number of nitrogens with zero attached hydrogens (tertiary/aromatic N) is 1. The molecule has 0 aliphatic carbocycles. The number of pyridine rings is 1. The second kappa shape index (κ2) is 4.42. The van der Waals surface area contributed by atoms with Crippen LogP contribution < -0.4 is 5.73 Å². The van der Waals surface area contributed by atoms with Crippen LogP contribution >= 0.6 is 0 Å². The maximum Gasteiger partial charge on any atom is 0.175 e. The molecule has 2 aromatic rings. The first-order valence-electron chi connectivity index (χ1n) is 5.40. The Morgan fingerprint density at radius 1 is 1.11 bits per heavy atom. The van der Waals surface area contributed by atoms with Gasteiger partial charge in [0.05, 0.1) is 16.8 Å². The lowest BCUT2D eigenvalue weighted by molar-refractivity contribution is 0.602. The molecule has 0 unspecified atom stereocenters. The fourth-order valence-electron chi connectivity index (χ4n) is 1.71. The fraction of sp³-hybridized carbons (Fsp3) is 0.154. The summed E-state index contributed by atoms with van der Waals surface area (Å²) < 4.78 is 22.7. The zero-order valence-corrected chi connectivity index (χ0v) is 11.0. The van der Waals surface area contributed by atoms with Crippen LogP contribution in [0.1, 0.15) is 5.56 Å². The second-order valence-electron chi connectivity index (χ2n) is 4.20. The van der Waals surface area contributed by atoms with E-state index in [1.54, 1.807) is 36.7 Å². The number of anilines is 1. The number of nitrogen functional groups attached to an aromatic ring is 1. The number of nitrogens with two attached hydrogens (primary N) is 1. The van der Waals surface area contributed by atoms with Gasteiger partial charge in [0.15, 0.2) is 9.84 Å². The van der Waals surface area contributed by atoms with E-state index in [0.29, 0.717) is 10.6 Å². The van der Waals surface area contributed by atoms with Crippen molar-refractivity contribution in [3.05, 3.63) is 42.2 Å². The Morgan fingerprint density at radius 3 is 2.28 bits per heavy atom. The lowest BCUT2D eigenvalue weighted by Gasteiger charge is -2.08. The van der Waals surface area contributed by atoms with Gasteiger partial charge >= 0.3 is 0 Å². The van der Waals surface area contributed by atoms with Gasteiger partial charge in [-0.25, -0.2) is 8.42 Å². The van der Waals surface area contributed by atoms with Crippen LogP contribution in [0, 0.1) is 6.92 Å². The van der Waals surface area contributed by atoms with Crippen LogP contribution in [0.4, 0.5) is 5.69 Å². The Labute approximate surface area is 106 Å². The Kier molecular flexibility index (Phi) is 3.09. The predicted octanol–water partition coefficient (Wildman–Crippen LogP) is 2.04. The van der Waals surface area contributed by atoms with Crippen molar-refractivity contribution in [1.82, 2.24) is 4.98 Å². The number of hydrogen-bond donors (Lipinski definition) is 1. The maximum absolute atomic E-state index is 11.4. The number of aromatic nitrogens is 1. The van der Waals surface area contributed by atoms with Crippen molar-refractivity contribution >= 4 is 15.5 Å². The summed E-state index contributed by atoms with van der Waals surface area (Å²) in [4.78, 5) is 4.36. The Bertz CT molecular complexity index is 677. The molecule has 0 spiro atoms. The third kappa shape index (κ3) is 2.36. The van der Waals surface area contributed by atoms with Gasteiger partial charge in [-0.05, 0) is 30.2 Å². The third-order valence-electron chi connectivity index (χ3n) is 2.85. The van der Waals surface area contributed by atoms with Crippen molar-refractivity contribution in [3.8, 4) is 11.1 Å². The van der Waals surface area contributed by atoms with Crippen molar-refractivity contribution in [2.24, 2.45) is 0 Å². The van der Waals surface area contributed by atoms with Gasteiger partial charge in [0.25, 0.3) is 0 Å². The molecule has 0 bridgehead atoms. The molecule has 1 aromatic heterocycles. The molecule has 2 rings (SSSR count). The zero-order chi connectivity index (χ0) is 13.3. The van der Waals surface area contributed by atoms with Gasteiger partial charge in [-0.1, -0.05) is 12.1 Å². The number of rotatable bonds is 2. The van der Waals surface area contributed by atoms with Crippen LogP contribution in [0.15, 0.2) is 41.6 Å². The molecule has 2 N–H and O–H groups in total. The van der Waals surface area contributed by atoms with Crippen LogP contribution in [0.2, 0.25) is 0 Å². The number of benzene rings is 1. The SMILES string of the molecule is Cc1c(N)cncc1-c1ccc(S(C)(=O)=O)cc1. The topological polar surface area (TPSA) is 73.0 Å². The molecule has 0 saturated heterocycles. The highest BCUT2D eigenvalue weighted by molar-refractivity contribution is 7.90. The summed E-state index contributed by atoms with van der Waals surface area (Å²) in [7, 11) is -3.16. The van der Waals surface area contributed by atoms with E-state index >= 15 is 0 Å². The molecule has 0 atom stereocenters. The standard InChI is InChI=1S/C13H14N2O2S/c1-9-12(7-15-8-13(9)14)10-3-5-11(6-4-10)18(2,16)17/h3-8H,14H2,1-2H3. The first-order valence-corrected chi connectivity index (χ1v) is 7.29. The first kappa shape index (κ1) is 12.6. The number of sulfone groups is 1. The molecule has 0 aliphatic rings. The van der Waals surface area contributed by atoms with Crippen molar-refractivity contribution in [2.75, 3.05) is 12.0 Å². The smallest absolute Gasteiger partial charge is 0.175 e. The van der Waals surface area contributed by atoms with Crippen molar-refractivity contribution in [1.29, 1.82) is 0 Å². The number of hydrogen-bond acceptors (Lipinski definition) is 4. The molecular weight excluding hydrogens is 248 g/mol. The molecule has 1 heterocycles.